The number of anilines is 1. The molecule has 0 fully saturated rings. The first kappa shape index (κ1) is 15.4. The van der Waals surface area contributed by atoms with Gasteiger partial charge in [-0.2, -0.15) is 0 Å². The highest BCUT2D eigenvalue weighted by Crippen LogP contribution is 2.21. The Morgan fingerprint density at radius 2 is 1.96 bits per heavy atom. The fourth-order valence-corrected chi connectivity index (χ4v) is 2.39. The van der Waals surface area contributed by atoms with Gasteiger partial charge in [0.05, 0.1) is 6.61 Å². The minimum atomic E-state index is -0.235. The fraction of sp³-hybridized carbons (Fsp3) is 0.118. The molecule has 1 aromatic heterocycles. The monoisotopic (exact) mass is 330 g/mol. The van der Waals surface area contributed by atoms with Crippen molar-refractivity contribution in [1.82, 2.24) is 4.98 Å². The van der Waals surface area contributed by atoms with Crippen LogP contribution in [0.4, 0.5) is 5.69 Å². The van der Waals surface area contributed by atoms with Crippen LogP contribution in [0.15, 0.2) is 48.5 Å². The SMILES string of the molecule is O=C(Nc1ccc(OCCO)cc1)c1cc2ccc(Cl)cc2[nH]1. The summed E-state index contributed by atoms with van der Waals surface area (Å²) in [5.41, 5.74) is 1.93. The molecular weight excluding hydrogens is 316 g/mol. The first-order valence-corrected chi connectivity index (χ1v) is 7.47. The topological polar surface area (TPSA) is 74.3 Å². The van der Waals surface area contributed by atoms with Gasteiger partial charge in [0.25, 0.3) is 5.91 Å². The number of benzene rings is 2. The van der Waals surface area contributed by atoms with Crippen molar-refractivity contribution in [2.75, 3.05) is 18.5 Å². The molecule has 0 aliphatic carbocycles. The van der Waals surface area contributed by atoms with Crippen LogP contribution in [0.3, 0.4) is 0 Å². The van der Waals surface area contributed by atoms with Gasteiger partial charge in [0, 0.05) is 21.6 Å². The van der Waals surface area contributed by atoms with E-state index in [4.69, 9.17) is 21.4 Å². The van der Waals surface area contributed by atoms with Crippen LogP contribution >= 0.6 is 11.6 Å². The summed E-state index contributed by atoms with van der Waals surface area (Å²) >= 11 is 5.94. The van der Waals surface area contributed by atoms with Crippen molar-refractivity contribution in [2.45, 2.75) is 0 Å². The van der Waals surface area contributed by atoms with E-state index in [0.717, 1.165) is 10.9 Å². The number of aliphatic hydroxyl groups is 1. The Balaban J connectivity index is 1.72. The molecule has 0 aliphatic rings. The van der Waals surface area contributed by atoms with Gasteiger partial charge in [0.2, 0.25) is 0 Å². The summed E-state index contributed by atoms with van der Waals surface area (Å²) in [5, 5.41) is 13.1. The third-order valence-corrected chi connectivity index (χ3v) is 3.54. The van der Waals surface area contributed by atoms with E-state index in [0.29, 0.717) is 22.2 Å². The molecule has 1 amide bonds. The van der Waals surface area contributed by atoms with E-state index < -0.39 is 0 Å². The Bertz CT molecular complexity index is 827. The van der Waals surface area contributed by atoms with Gasteiger partial charge in [-0.1, -0.05) is 17.7 Å². The van der Waals surface area contributed by atoms with Crippen LogP contribution in [-0.4, -0.2) is 29.2 Å². The molecule has 5 nitrogen and oxygen atoms in total. The second-order valence-electron chi connectivity index (χ2n) is 4.97. The molecule has 3 aromatic rings. The molecular formula is C17H15ClN2O3. The maximum Gasteiger partial charge on any atom is 0.272 e. The predicted molar refractivity (Wildman–Crippen MR) is 90.3 cm³/mol. The van der Waals surface area contributed by atoms with Crippen LogP contribution in [0.1, 0.15) is 10.5 Å². The largest absolute Gasteiger partial charge is 0.491 e. The fourth-order valence-electron chi connectivity index (χ4n) is 2.22. The van der Waals surface area contributed by atoms with Crippen LogP contribution in [0.2, 0.25) is 5.02 Å². The number of aromatic nitrogens is 1. The summed E-state index contributed by atoms with van der Waals surface area (Å²) < 4.78 is 5.27. The second kappa shape index (κ2) is 6.73. The van der Waals surface area contributed by atoms with Crippen molar-refractivity contribution in [3.63, 3.8) is 0 Å². The number of fused-ring (bicyclic) bond motifs is 1. The zero-order valence-electron chi connectivity index (χ0n) is 12.2. The second-order valence-corrected chi connectivity index (χ2v) is 5.40. The third-order valence-electron chi connectivity index (χ3n) is 3.30. The molecule has 0 unspecified atom stereocenters. The Hall–Kier alpha value is -2.50. The van der Waals surface area contributed by atoms with Gasteiger partial charge >= 0.3 is 0 Å². The standard InChI is InChI=1S/C17H15ClN2O3/c18-12-2-1-11-9-16(20-15(11)10-12)17(22)19-13-3-5-14(6-4-13)23-8-7-21/h1-6,9-10,20-21H,7-8H2,(H,19,22). The maximum atomic E-state index is 12.3. The molecule has 0 spiro atoms. The summed E-state index contributed by atoms with van der Waals surface area (Å²) in [6.07, 6.45) is 0. The van der Waals surface area contributed by atoms with Crippen molar-refractivity contribution in [1.29, 1.82) is 0 Å². The molecule has 0 bridgehead atoms. The number of halogens is 1. The molecule has 3 rings (SSSR count). The number of hydrogen-bond donors (Lipinski definition) is 3. The number of amides is 1. The summed E-state index contributed by atoms with van der Waals surface area (Å²) in [7, 11) is 0. The third kappa shape index (κ3) is 3.64. The quantitative estimate of drug-likeness (QED) is 0.671. The lowest BCUT2D eigenvalue weighted by Crippen LogP contribution is -2.12. The van der Waals surface area contributed by atoms with Gasteiger partial charge in [-0.15, -0.1) is 0 Å². The summed E-state index contributed by atoms with van der Waals surface area (Å²) in [6, 6.07) is 14.1. The number of ether oxygens (including phenoxy) is 1. The number of nitrogens with one attached hydrogen (secondary N) is 2. The first-order chi connectivity index (χ1) is 11.2. The first-order valence-electron chi connectivity index (χ1n) is 7.09. The van der Waals surface area contributed by atoms with E-state index in [2.05, 4.69) is 10.3 Å². The molecule has 118 valence electrons. The molecule has 0 atom stereocenters. The smallest absolute Gasteiger partial charge is 0.272 e. The van der Waals surface area contributed by atoms with Gasteiger partial charge < -0.3 is 20.1 Å². The molecule has 0 radical (unpaired) electrons. The lowest BCUT2D eigenvalue weighted by molar-refractivity contribution is 0.102. The van der Waals surface area contributed by atoms with E-state index in [1.54, 1.807) is 42.5 Å². The van der Waals surface area contributed by atoms with Gasteiger partial charge in [-0.3, -0.25) is 4.79 Å². The van der Waals surface area contributed by atoms with E-state index in [-0.39, 0.29) is 19.1 Å². The Morgan fingerprint density at radius 1 is 1.17 bits per heavy atom. The molecule has 2 aromatic carbocycles. The van der Waals surface area contributed by atoms with Gasteiger partial charge in [-0.05, 0) is 42.5 Å². The van der Waals surface area contributed by atoms with E-state index in [9.17, 15) is 4.79 Å². The van der Waals surface area contributed by atoms with Crippen molar-refractivity contribution in [3.8, 4) is 5.75 Å². The van der Waals surface area contributed by atoms with Gasteiger partial charge in [0.1, 0.15) is 18.1 Å². The minimum absolute atomic E-state index is 0.0388. The van der Waals surface area contributed by atoms with Crippen molar-refractivity contribution < 1.29 is 14.6 Å². The maximum absolute atomic E-state index is 12.3. The summed E-state index contributed by atoms with van der Waals surface area (Å²) in [4.78, 5) is 15.3. The van der Waals surface area contributed by atoms with Gasteiger partial charge in [0.15, 0.2) is 0 Å². The summed E-state index contributed by atoms with van der Waals surface area (Å²) in [6.45, 7) is 0.201. The lowest BCUT2D eigenvalue weighted by Gasteiger charge is -2.06. The van der Waals surface area contributed by atoms with Crippen molar-refractivity contribution >= 4 is 34.1 Å². The predicted octanol–water partition coefficient (Wildman–Crippen LogP) is 3.44. The highest BCUT2D eigenvalue weighted by Gasteiger charge is 2.10. The number of aromatic amines is 1. The molecule has 0 saturated heterocycles. The highest BCUT2D eigenvalue weighted by molar-refractivity contribution is 6.31. The number of rotatable bonds is 5. The molecule has 1 heterocycles. The zero-order chi connectivity index (χ0) is 16.2. The average Bonchev–Trinajstić information content (AvgIpc) is 2.97. The minimum Gasteiger partial charge on any atom is -0.491 e. The number of carbonyl (C=O) groups excluding carboxylic acids is 1. The van der Waals surface area contributed by atoms with Crippen LogP contribution in [0.5, 0.6) is 5.75 Å². The molecule has 0 saturated carbocycles. The van der Waals surface area contributed by atoms with Gasteiger partial charge in [-0.25, -0.2) is 0 Å². The average molecular weight is 331 g/mol. The zero-order valence-corrected chi connectivity index (χ0v) is 12.9. The molecule has 23 heavy (non-hydrogen) atoms. The Morgan fingerprint density at radius 3 is 2.70 bits per heavy atom. The van der Waals surface area contributed by atoms with Crippen molar-refractivity contribution in [2.24, 2.45) is 0 Å². The Kier molecular flexibility index (Phi) is 4.50. The number of H-pyrrole nitrogens is 1. The van der Waals surface area contributed by atoms with E-state index in [1.165, 1.54) is 0 Å². The Labute approximate surface area is 137 Å². The van der Waals surface area contributed by atoms with E-state index in [1.807, 2.05) is 6.07 Å². The van der Waals surface area contributed by atoms with Crippen LogP contribution in [0, 0.1) is 0 Å². The number of aliphatic hydroxyl groups excluding tert-OH is 1. The van der Waals surface area contributed by atoms with Crippen LogP contribution in [0.25, 0.3) is 10.9 Å². The molecule has 0 aliphatic heterocycles. The highest BCUT2D eigenvalue weighted by atomic mass is 35.5. The van der Waals surface area contributed by atoms with E-state index >= 15 is 0 Å². The number of hydrogen-bond acceptors (Lipinski definition) is 3. The van der Waals surface area contributed by atoms with Crippen molar-refractivity contribution in [3.05, 3.63) is 59.2 Å². The molecule has 3 N–H and O–H groups in total. The van der Waals surface area contributed by atoms with Crippen LogP contribution in [-0.2, 0) is 0 Å². The lowest BCUT2D eigenvalue weighted by atomic mass is 10.2. The number of carbonyl (C=O) groups is 1. The molecule has 6 heteroatoms. The summed E-state index contributed by atoms with van der Waals surface area (Å²) in [5.74, 6) is 0.402. The van der Waals surface area contributed by atoms with Crippen LogP contribution < -0.4 is 10.1 Å². The normalized spacial score (nSPS) is 10.7.